The first kappa shape index (κ1) is 19.5. The Morgan fingerprint density at radius 2 is 1.89 bits per heavy atom. The molecule has 5 heteroatoms. The average molecular weight is 367 g/mol. The number of hydrogen-bond donors (Lipinski definition) is 1. The van der Waals surface area contributed by atoms with E-state index in [1.807, 2.05) is 53.2 Å². The van der Waals surface area contributed by atoms with Crippen molar-refractivity contribution in [3.05, 3.63) is 66.0 Å². The van der Waals surface area contributed by atoms with Gasteiger partial charge in [-0.15, -0.1) is 0 Å². The normalized spacial score (nSPS) is 16.5. The molecule has 0 bridgehead atoms. The topological polar surface area (TPSA) is 56.7 Å². The molecule has 0 aliphatic carbocycles. The van der Waals surface area contributed by atoms with E-state index in [4.69, 9.17) is 0 Å². The summed E-state index contributed by atoms with van der Waals surface area (Å²) in [5.74, 6) is 0.421. The van der Waals surface area contributed by atoms with Crippen molar-refractivity contribution in [1.29, 1.82) is 0 Å². The number of aliphatic hydroxyl groups excluding tert-OH is 1. The van der Waals surface area contributed by atoms with Gasteiger partial charge in [-0.1, -0.05) is 36.4 Å². The molecule has 5 nitrogen and oxygen atoms in total. The number of aliphatic hydroxyl groups is 1. The van der Waals surface area contributed by atoms with Crippen LogP contribution in [0.15, 0.2) is 54.7 Å². The molecule has 1 aromatic heterocycles. The predicted octanol–water partition coefficient (Wildman–Crippen LogP) is 2.36. The van der Waals surface area contributed by atoms with E-state index < -0.39 is 0 Å². The number of piperidine rings is 1. The number of rotatable bonds is 7. The number of likely N-dealkylation sites (tertiary alicyclic amines) is 1. The van der Waals surface area contributed by atoms with Crippen LogP contribution in [0.1, 0.15) is 24.1 Å². The number of likely N-dealkylation sites (N-methyl/N-ethyl adjacent to an activating group) is 1. The maximum atomic E-state index is 12.6. The molecular formula is C22H29N3O2. The maximum Gasteiger partial charge on any atom is 0.236 e. The third-order valence-electron chi connectivity index (χ3n) is 5.29. The Bertz CT molecular complexity index is 700. The zero-order valence-electron chi connectivity index (χ0n) is 16.0. The summed E-state index contributed by atoms with van der Waals surface area (Å²) in [6, 6.07) is 15.9. The summed E-state index contributed by atoms with van der Waals surface area (Å²) in [7, 11) is 1.95. The van der Waals surface area contributed by atoms with Crippen LogP contribution in [0.4, 0.5) is 0 Å². The van der Waals surface area contributed by atoms with Crippen LogP contribution in [0.5, 0.6) is 0 Å². The molecule has 1 aromatic carbocycles. The van der Waals surface area contributed by atoms with Crippen molar-refractivity contribution < 1.29 is 9.90 Å². The highest BCUT2D eigenvalue weighted by Crippen LogP contribution is 2.23. The van der Waals surface area contributed by atoms with E-state index >= 15 is 0 Å². The molecule has 0 radical (unpaired) electrons. The van der Waals surface area contributed by atoms with Gasteiger partial charge in [-0.2, -0.15) is 0 Å². The highest BCUT2D eigenvalue weighted by Gasteiger charge is 2.27. The summed E-state index contributed by atoms with van der Waals surface area (Å²) in [4.78, 5) is 20.8. The Labute approximate surface area is 161 Å². The SMILES string of the molecule is CN(CC(=O)N1CCC(C(O)Cc2ccccc2)CC1)Cc1ccccn1. The van der Waals surface area contributed by atoms with Crippen molar-refractivity contribution in [1.82, 2.24) is 14.8 Å². The maximum absolute atomic E-state index is 12.6. The fourth-order valence-electron chi connectivity index (χ4n) is 3.71. The summed E-state index contributed by atoms with van der Waals surface area (Å²) in [5.41, 5.74) is 2.13. The van der Waals surface area contributed by atoms with Gasteiger partial charge < -0.3 is 10.0 Å². The Hall–Kier alpha value is -2.24. The van der Waals surface area contributed by atoms with Gasteiger partial charge >= 0.3 is 0 Å². The van der Waals surface area contributed by atoms with Crippen molar-refractivity contribution in [3.8, 4) is 0 Å². The average Bonchev–Trinajstić information content (AvgIpc) is 2.69. The second-order valence-electron chi connectivity index (χ2n) is 7.47. The van der Waals surface area contributed by atoms with E-state index in [0.29, 0.717) is 19.5 Å². The van der Waals surface area contributed by atoms with E-state index in [9.17, 15) is 9.90 Å². The molecule has 1 aliphatic rings. The highest BCUT2D eigenvalue weighted by molar-refractivity contribution is 5.78. The van der Waals surface area contributed by atoms with E-state index in [1.54, 1.807) is 6.20 Å². The van der Waals surface area contributed by atoms with Crippen molar-refractivity contribution in [2.75, 3.05) is 26.7 Å². The van der Waals surface area contributed by atoms with Gasteiger partial charge in [-0.3, -0.25) is 14.7 Å². The Kier molecular flexibility index (Phi) is 6.96. The third kappa shape index (κ3) is 5.88. The third-order valence-corrected chi connectivity index (χ3v) is 5.29. The Balaban J connectivity index is 1.42. The summed E-state index contributed by atoms with van der Waals surface area (Å²) >= 11 is 0. The molecule has 0 saturated carbocycles. The number of pyridine rings is 1. The number of benzene rings is 1. The van der Waals surface area contributed by atoms with Gasteiger partial charge in [0, 0.05) is 25.8 Å². The molecule has 1 amide bonds. The smallest absolute Gasteiger partial charge is 0.236 e. The molecule has 1 fully saturated rings. The minimum atomic E-state index is -0.337. The number of nitrogens with zero attached hydrogens (tertiary/aromatic N) is 3. The van der Waals surface area contributed by atoms with Crippen LogP contribution >= 0.6 is 0 Å². The van der Waals surface area contributed by atoms with Crippen LogP contribution < -0.4 is 0 Å². The zero-order chi connectivity index (χ0) is 19.1. The standard InChI is InChI=1S/C22H29N3O2/c1-24(16-20-9-5-6-12-23-20)17-22(27)25-13-10-19(11-14-25)21(26)15-18-7-3-2-4-8-18/h2-9,12,19,21,26H,10-11,13-17H2,1H3. The largest absolute Gasteiger partial charge is 0.392 e. The molecule has 1 aliphatic heterocycles. The van der Waals surface area contributed by atoms with Gasteiger partial charge in [-0.25, -0.2) is 0 Å². The molecule has 1 unspecified atom stereocenters. The molecule has 144 valence electrons. The van der Waals surface area contributed by atoms with E-state index in [2.05, 4.69) is 17.1 Å². The van der Waals surface area contributed by atoms with Crippen LogP contribution in [0.2, 0.25) is 0 Å². The lowest BCUT2D eigenvalue weighted by Gasteiger charge is -2.35. The number of carbonyl (C=O) groups excluding carboxylic acids is 1. The summed E-state index contributed by atoms with van der Waals surface area (Å²) in [5, 5.41) is 10.5. The van der Waals surface area contributed by atoms with Crippen molar-refractivity contribution in [2.45, 2.75) is 31.9 Å². The monoisotopic (exact) mass is 367 g/mol. The van der Waals surface area contributed by atoms with Crippen molar-refractivity contribution >= 4 is 5.91 Å². The molecule has 2 heterocycles. The lowest BCUT2D eigenvalue weighted by Crippen LogP contribution is -2.45. The number of hydrogen-bond acceptors (Lipinski definition) is 4. The van der Waals surface area contributed by atoms with Gasteiger partial charge in [0.15, 0.2) is 0 Å². The second kappa shape index (κ2) is 9.62. The molecule has 1 atom stereocenters. The summed E-state index contributed by atoms with van der Waals surface area (Å²) in [6.07, 6.45) is 3.85. The van der Waals surface area contributed by atoms with E-state index in [0.717, 1.165) is 31.6 Å². The van der Waals surface area contributed by atoms with Gasteiger partial charge in [0.05, 0.1) is 18.3 Å². The molecule has 3 rings (SSSR count). The highest BCUT2D eigenvalue weighted by atomic mass is 16.3. The first-order valence-electron chi connectivity index (χ1n) is 9.70. The number of aromatic nitrogens is 1. The lowest BCUT2D eigenvalue weighted by molar-refractivity contribution is -0.134. The van der Waals surface area contributed by atoms with Crippen molar-refractivity contribution in [2.24, 2.45) is 5.92 Å². The fourth-order valence-corrected chi connectivity index (χ4v) is 3.71. The van der Waals surface area contributed by atoms with Gasteiger partial charge in [0.25, 0.3) is 0 Å². The van der Waals surface area contributed by atoms with Crippen LogP contribution in [0, 0.1) is 5.92 Å². The van der Waals surface area contributed by atoms with Crippen LogP contribution in [-0.4, -0.2) is 58.6 Å². The quantitative estimate of drug-likeness (QED) is 0.816. The molecule has 2 aromatic rings. The van der Waals surface area contributed by atoms with Crippen LogP contribution in [0.25, 0.3) is 0 Å². The first-order chi connectivity index (χ1) is 13.1. The Morgan fingerprint density at radius 3 is 2.56 bits per heavy atom. The van der Waals surface area contributed by atoms with Gasteiger partial charge in [0.2, 0.25) is 5.91 Å². The molecule has 1 saturated heterocycles. The minimum absolute atomic E-state index is 0.157. The van der Waals surface area contributed by atoms with Crippen molar-refractivity contribution in [3.63, 3.8) is 0 Å². The second-order valence-corrected chi connectivity index (χ2v) is 7.47. The molecule has 1 N–H and O–H groups in total. The number of carbonyl (C=O) groups is 1. The Morgan fingerprint density at radius 1 is 1.19 bits per heavy atom. The zero-order valence-corrected chi connectivity index (χ0v) is 16.0. The summed E-state index contributed by atoms with van der Waals surface area (Å²) in [6.45, 7) is 2.52. The predicted molar refractivity (Wildman–Crippen MR) is 106 cm³/mol. The first-order valence-corrected chi connectivity index (χ1v) is 9.70. The van der Waals surface area contributed by atoms with E-state index in [1.165, 1.54) is 5.56 Å². The molecular weight excluding hydrogens is 338 g/mol. The van der Waals surface area contributed by atoms with Crippen LogP contribution in [-0.2, 0) is 17.8 Å². The summed E-state index contributed by atoms with van der Waals surface area (Å²) < 4.78 is 0. The minimum Gasteiger partial charge on any atom is -0.392 e. The molecule has 27 heavy (non-hydrogen) atoms. The molecule has 0 spiro atoms. The van der Waals surface area contributed by atoms with Gasteiger partial charge in [-0.05, 0) is 49.9 Å². The number of amides is 1. The van der Waals surface area contributed by atoms with Gasteiger partial charge in [0.1, 0.15) is 0 Å². The lowest BCUT2D eigenvalue weighted by atomic mass is 9.88. The van der Waals surface area contributed by atoms with E-state index in [-0.39, 0.29) is 17.9 Å². The van der Waals surface area contributed by atoms with Crippen LogP contribution in [0.3, 0.4) is 0 Å². The fraction of sp³-hybridized carbons (Fsp3) is 0.455.